The molecule has 252 valence electrons. The van der Waals surface area contributed by atoms with E-state index in [0.29, 0.717) is 13.0 Å². The van der Waals surface area contributed by atoms with Gasteiger partial charge < -0.3 is 24.5 Å². The highest BCUT2D eigenvalue weighted by Gasteiger charge is 2.48. The lowest BCUT2D eigenvalue weighted by Gasteiger charge is -2.42. The highest BCUT2D eigenvalue weighted by Crippen LogP contribution is 2.32. The smallest absolute Gasteiger partial charge is 0.411 e. The Hall–Kier alpha value is -4.70. The number of amides is 4. The predicted octanol–water partition coefficient (Wildman–Crippen LogP) is 3.92. The molecule has 3 aromatic carbocycles. The van der Waals surface area contributed by atoms with Crippen LogP contribution in [-0.2, 0) is 51.6 Å². The van der Waals surface area contributed by atoms with Crippen LogP contribution < -0.4 is 0 Å². The summed E-state index contributed by atoms with van der Waals surface area (Å²) in [5.41, 5.74) is 4.01. The Morgan fingerprint density at radius 3 is 1.85 bits per heavy atom. The quantitative estimate of drug-likeness (QED) is 0.448. The van der Waals surface area contributed by atoms with Crippen LogP contribution in [0.1, 0.15) is 55.0 Å². The Morgan fingerprint density at radius 1 is 0.729 bits per heavy atom. The van der Waals surface area contributed by atoms with E-state index in [9.17, 15) is 24.3 Å². The average Bonchev–Trinajstić information content (AvgIpc) is 3.47. The van der Waals surface area contributed by atoms with E-state index in [2.05, 4.69) is 0 Å². The molecule has 0 aromatic heterocycles. The number of hydrogen-bond acceptors (Lipinski definition) is 6. The topological polar surface area (TPSA) is 111 Å². The molecule has 3 aromatic rings. The minimum Gasteiger partial charge on any atom is -0.444 e. The molecular weight excluding hydrogens is 608 g/mol. The lowest BCUT2D eigenvalue weighted by atomic mass is 9.91. The third-order valence-corrected chi connectivity index (χ3v) is 9.46. The molecule has 4 atom stereocenters. The Kier molecular flexibility index (Phi) is 9.29. The zero-order chi connectivity index (χ0) is 34.2. The molecule has 6 rings (SSSR count). The zero-order valence-corrected chi connectivity index (χ0v) is 28.0. The maximum atomic E-state index is 14.6. The highest BCUT2D eigenvalue weighted by atomic mass is 16.6. The van der Waals surface area contributed by atoms with Gasteiger partial charge in [-0.2, -0.15) is 0 Å². The fourth-order valence-corrected chi connectivity index (χ4v) is 7.10. The molecule has 0 bridgehead atoms. The van der Waals surface area contributed by atoms with Crippen LogP contribution in [0.4, 0.5) is 4.79 Å². The molecule has 0 radical (unpaired) electrons. The summed E-state index contributed by atoms with van der Waals surface area (Å²) in [6.07, 6.45) is -0.906. The van der Waals surface area contributed by atoms with E-state index in [1.165, 1.54) is 9.80 Å². The monoisotopic (exact) mass is 652 g/mol. The van der Waals surface area contributed by atoms with Crippen molar-refractivity contribution >= 4 is 23.8 Å². The normalized spacial score (nSPS) is 22.1. The van der Waals surface area contributed by atoms with Crippen molar-refractivity contribution in [1.82, 2.24) is 19.6 Å². The molecule has 3 aliphatic rings. The number of likely N-dealkylation sites (tertiary alicyclic amines) is 1. The molecule has 10 heteroatoms. The van der Waals surface area contributed by atoms with Crippen molar-refractivity contribution in [2.45, 2.75) is 89.5 Å². The summed E-state index contributed by atoms with van der Waals surface area (Å²) in [7, 11) is 1.74. The first-order valence-corrected chi connectivity index (χ1v) is 16.6. The molecule has 10 nitrogen and oxygen atoms in total. The van der Waals surface area contributed by atoms with Crippen LogP contribution in [0.25, 0.3) is 0 Å². The van der Waals surface area contributed by atoms with Gasteiger partial charge in [0.05, 0.1) is 12.6 Å². The van der Waals surface area contributed by atoms with Crippen molar-refractivity contribution in [3.8, 4) is 0 Å². The van der Waals surface area contributed by atoms with Crippen molar-refractivity contribution in [2.24, 2.45) is 0 Å². The van der Waals surface area contributed by atoms with Gasteiger partial charge in [0.25, 0.3) is 0 Å². The van der Waals surface area contributed by atoms with Crippen LogP contribution in [0.2, 0.25) is 0 Å². The lowest BCUT2D eigenvalue weighted by molar-refractivity contribution is -0.153. The largest absolute Gasteiger partial charge is 0.444 e. The van der Waals surface area contributed by atoms with Crippen molar-refractivity contribution in [3.05, 3.63) is 107 Å². The van der Waals surface area contributed by atoms with Gasteiger partial charge in [-0.3, -0.25) is 19.3 Å². The van der Waals surface area contributed by atoms with Crippen molar-refractivity contribution < 1.29 is 29.0 Å². The van der Waals surface area contributed by atoms with E-state index in [1.807, 2.05) is 78.9 Å². The lowest BCUT2D eigenvalue weighted by Crippen LogP contribution is -2.60. The summed E-state index contributed by atoms with van der Waals surface area (Å²) in [5, 5.41) is 10.9. The van der Waals surface area contributed by atoms with Gasteiger partial charge in [-0.25, -0.2) is 4.79 Å². The second kappa shape index (κ2) is 13.4. The van der Waals surface area contributed by atoms with E-state index in [1.54, 1.807) is 37.6 Å². The molecule has 0 spiro atoms. The van der Waals surface area contributed by atoms with E-state index < -0.39 is 41.8 Å². The van der Waals surface area contributed by atoms with E-state index in [4.69, 9.17) is 4.74 Å². The molecule has 0 saturated carbocycles. The third kappa shape index (κ3) is 6.94. The molecule has 3 heterocycles. The van der Waals surface area contributed by atoms with Gasteiger partial charge in [-0.05, 0) is 48.6 Å². The maximum Gasteiger partial charge on any atom is 0.411 e. The second-order valence-corrected chi connectivity index (χ2v) is 14.1. The molecule has 3 aliphatic heterocycles. The number of carbonyl (C=O) groups is 4. The Morgan fingerprint density at radius 2 is 1.25 bits per heavy atom. The number of nitrogens with zero attached hydrogens (tertiary/aromatic N) is 4. The average molecular weight is 653 g/mol. The molecule has 1 saturated heterocycles. The Bertz CT molecular complexity index is 1690. The van der Waals surface area contributed by atoms with Crippen LogP contribution >= 0.6 is 0 Å². The molecule has 4 amide bonds. The van der Waals surface area contributed by atoms with Gasteiger partial charge in [-0.1, -0.05) is 78.9 Å². The van der Waals surface area contributed by atoms with Gasteiger partial charge in [0.15, 0.2) is 0 Å². The first-order valence-electron chi connectivity index (χ1n) is 16.6. The van der Waals surface area contributed by atoms with Gasteiger partial charge in [-0.15, -0.1) is 0 Å². The molecule has 1 fully saturated rings. The van der Waals surface area contributed by atoms with Gasteiger partial charge in [0.1, 0.15) is 23.7 Å². The summed E-state index contributed by atoms with van der Waals surface area (Å²) in [5.74, 6) is -1.01. The van der Waals surface area contributed by atoms with Crippen LogP contribution in [0.5, 0.6) is 0 Å². The third-order valence-electron chi connectivity index (χ3n) is 9.46. The fourth-order valence-electron chi connectivity index (χ4n) is 7.10. The van der Waals surface area contributed by atoms with Crippen LogP contribution in [0.15, 0.2) is 78.9 Å². The zero-order valence-electron chi connectivity index (χ0n) is 28.0. The number of rotatable bonds is 5. The number of β-amino-alcohol motifs (C(OH)–C–C–N with tert-alkyl or cyclic N) is 1. The van der Waals surface area contributed by atoms with Crippen LogP contribution in [-0.4, -0.2) is 91.9 Å². The summed E-state index contributed by atoms with van der Waals surface area (Å²) in [6, 6.07) is 22.4. The number of fused-ring (bicyclic) bond motifs is 2. The van der Waals surface area contributed by atoms with E-state index in [-0.39, 0.29) is 44.3 Å². The van der Waals surface area contributed by atoms with Crippen molar-refractivity contribution in [2.75, 3.05) is 13.6 Å². The van der Waals surface area contributed by atoms with Crippen LogP contribution in [0, 0.1) is 0 Å². The Balaban J connectivity index is 1.29. The molecule has 1 N–H and O–H groups in total. The minimum atomic E-state index is -0.995. The number of likely N-dealkylation sites (N-methyl/N-ethyl adjacent to an activating group) is 1. The maximum absolute atomic E-state index is 14.6. The van der Waals surface area contributed by atoms with Gasteiger partial charge in [0.2, 0.25) is 17.7 Å². The summed E-state index contributed by atoms with van der Waals surface area (Å²) >= 11 is 0. The van der Waals surface area contributed by atoms with E-state index in [0.717, 1.165) is 27.8 Å². The number of carbonyl (C=O) groups excluding carboxylic acids is 4. The second-order valence-electron chi connectivity index (χ2n) is 14.1. The highest BCUT2D eigenvalue weighted by molar-refractivity contribution is 5.95. The number of hydrogen-bond donors (Lipinski definition) is 1. The number of aliphatic hydroxyl groups is 1. The summed E-state index contributed by atoms with van der Waals surface area (Å²) in [4.78, 5) is 62.7. The number of benzene rings is 3. The minimum absolute atomic E-state index is 0.0409. The number of ether oxygens (including phenoxy) is 1. The summed E-state index contributed by atoms with van der Waals surface area (Å²) in [6.45, 7) is 6.05. The SMILES string of the molecule is CN(Cc1ccccc1)C(=O)[C@@H]1Cc2ccccc2CN1C(=O)[C@@H]1C[C@@H](O)CN1C(=O)[C@@H]1Cc2ccccc2CN1C(=O)OC(C)(C)C. The first-order chi connectivity index (χ1) is 22.9. The molecule has 0 aliphatic carbocycles. The van der Waals surface area contributed by atoms with Crippen molar-refractivity contribution in [1.29, 1.82) is 0 Å². The van der Waals surface area contributed by atoms with Gasteiger partial charge >= 0.3 is 6.09 Å². The van der Waals surface area contributed by atoms with Crippen molar-refractivity contribution in [3.63, 3.8) is 0 Å². The summed E-state index contributed by atoms with van der Waals surface area (Å²) < 4.78 is 5.71. The molecule has 48 heavy (non-hydrogen) atoms. The first kappa shape index (κ1) is 33.2. The Labute approximate surface area is 281 Å². The molecular formula is C38H44N4O6. The number of aliphatic hydroxyl groups excluding tert-OH is 1. The van der Waals surface area contributed by atoms with E-state index >= 15 is 0 Å². The van der Waals surface area contributed by atoms with Gasteiger partial charge in [0, 0.05) is 45.9 Å². The predicted molar refractivity (Wildman–Crippen MR) is 179 cm³/mol. The molecule has 0 unspecified atom stereocenters. The standard InChI is InChI=1S/C38H44N4O6/c1-38(2,3)48-37(47)42-23-29-17-11-9-15-27(29)19-32(42)35(45)41-24-30(43)20-33(41)36(46)40-22-28-16-10-8-14-26(28)18-31(40)34(44)39(4)21-25-12-6-5-7-13-25/h5-17,30-33,43H,18-24H2,1-4H3/t30-,31+,32+,33+/m1/s1. The fraction of sp³-hybridized carbons (Fsp3) is 0.421. The van der Waals surface area contributed by atoms with Crippen LogP contribution in [0.3, 0.4) is 0 Å².